The first-order chi connectivity index (χ1) is 8.20. The first-order valence-corrected chi connectivity index (χ1v) is 5.36. The van der Waals surface area contributed by atoms with Crippen LogP contribution in [0.25, 0.3) is 0 Å². The largest absolute Gasteiger partial charge is 0.465 e. The molecule has 1 atom stereocenters. The minimum Gasteiger partial charge on any atom is -0.465 e. The SMILES string of the molecule is O=C=Nc1ccc(C2CCN(C(=O)O)C2)cc1. The van der Waals surface area contributed by atoms with Gasteiger partial charge in [-0.1, -0.05) is 12.1 Å². The summed E-state index contributed by atoms with van der Waals surface area (Å²) in [4.78, 5) is 25.8. The van der Waals surface area contributed by atoms with Crippen molar-refractivity contribution in [3.05, 3.63) is 29.8 Å². The summed E-state index contributed by atoms with van der Waals surface area (Å²) < 4.78 is 0. The fourth-order valence-corrected chi connectivity index (χ4v) is 2.08. The van der Waals surface area contributed by atoms with Gasteiger partial charge in [0.1, 0.15) is 0 Å². The fraction of sp³-hybridized carbons (Fsp3) is 0.333. The van der Waals surface area contributed by atoms with Gasteiger partial charge in [-0.25, -0.2) is 9.59 Å². The first kappa shape index (κ1) is 11.4. The summed E-state index contributed by atoms with van der Waals surface area (Å²) in [6.07, 6.45) is 1.45. The van der Waals surface area contributed by atoms with Gasteiger partial charge in [0.05, 0.1) is 5.69 Å². The maximum Gasteiger partial charge on any atom is 0.407 e. The Labute approximate surface area is 98.4 Å². The van der Waals surface area contributed by atoms with E-state index in [4.69, 9.17) is 5.11 Å². The molecule has 1 aromatic carbocycles. The summed E-state index contributed by atoms with van der Waals surface area (Å²) in [5.41, 5.74) is 1.65. The molecule has 1 aliphatic heterocycles. The number of benzene rings is 1. The van der Waals surface area contributed by atoms with E-state index in [-0.39, 0.29) is 5.92 Å². The summed E-state index contributed by atoms with van der Waals surface area (Å²) in [5, 5.41) is 8.86. The van der Waals surface area contributed by atoms with Crippen molar-refractivity contribution in [2.24, 2.45) is 4.99 Å². The Kier molecular flexibility index (Phi) is 3.21. The second-order valence-electron chi connectivity index (χ2n) is 4.01. The number of rotatable bonds is 2. The molecule has 1 N–H and O–H groups in total. The van der Waals surface area contributed by atoms with Crippen molar-refractivity contribution in [3.63, 3.8) is 0 Å². The molecule has 5 heteroatoms. The van der Waals surface area contributed by atoms with E-state index in [1.165, 1.54) is 11.0 Å². The lowest BCUT2D eigenvalue weighted by Crippen LogP contribution is -2.26. The molecular formula is C12H12N2O3. The minimum absolute atomic E-state index is 0.236. The molecule has 5 nitrogen and oxygen atoms in total. The zero-order valence-electron chi connectivity index (χ0n) is 9.17. The van der Waals surface area contributed by atoms with E-state index in [9.17, 15) is 9.59 Å². The van der Waals surface area contributed by atoms with Crippen molar-refractivity contribution in [1.82, 2.24) is 4.90 Å². The van der Waals surface area contributed by atoms with Gasteiger partial charge < -0.3 is 10.0 Å². The lowest BCUT2D eigenvalue weighted by atomic mass is 9.98. The highest BCUT2D eigenvalue weighted by molar-refractivity contribution is 5.65. The van der Waals surface area contributed by atoms with Crippen LogP contribution in [0.15, 0.2) is 29.3 Å². The number of nitrogens with zero attached hydrogens (tertiary/aromatic N) is 2. The van der Waals surface area contributed by atoms with Gasteiger partial charge in [0.2, 0.25) is 6.08 Å². The highest BCUT2D eigenvalue weighted by atomic mass is 16.4. The van der Waals surface area contributed by atoms with Gasteiger partial charge in [-0.3, -0.25) is 0 Å². The van der Waals surface area contributed by atoms with Crippen molar-refractivity contribution in [2.45, 2.75) is 12.3 Å². The number of carbonyl (C=O) groups excluding carboxylic acids is 1. The molecule has 1 amide bonds. The molecule has 0 aromatic heterocycles. The number of carbonyl (C=O) groups is 1. The van der Waals surface area contributed by atoms with Crippen LogP contribution in [0.2, 0.25) is 0 Å². The zero-order valence-corrected chi connectivity index (χ0v) is 9.17. The maximum atomic E-state index is 10.8. The Morgan fingerprint density at radius 3 is 2.65 bits per heavy atom. The van der Waals surface area contributed by atoms with Gasteiger partial charge in [-0.2, -0.15) is 4.99 Å². The predicted molar refractivity (Wildman–Crippen MR) is 61.2 cm³/mol. The third-order valence-corrected chi connectivity index (χ3v) is 3.00. The van der Waals surface area contributed by atoms with E-state index in [0.717, 1.165) is 12.0 Å². The number of hydrogen-bond acceptors (Lipinski definition) is 3. The average Bonchev–Trinajstić information content (AvgIpc) is 2.80. The van der Waals surface area contributed by atoms with Gasteiger partial charge in [0, 0.05) is 19.0 Å². The van der Waals surface area contributed by atoms with Crippen LogP contribution in [0.3, 0.4) is 0 Å². The van der Waals surface area contributed by atoms with Crippen LogP contribution in [0.4, 0.5) is 10.5 Å². The van der Waals surface area contributed by atoms with Crippen LogP contribution in [-0.2, 0) is 4.79 Å². The van der Waals surface area contributed by atoms with Crippen molar-refractivity contribution in [2.75, 3.05) is 13.1 Å². The summed E-state index contributed by atoms with van der Waals surface area (Å²) in [7, 11) is 0. The lowest BCUT2D eigenvalue weighted by Gasteiger charge is -2.12. The standard InChI is InChI=1S/C12H12N2O3/c15-8-13-11-3-1-9(2-4-11)10-5-6-14(7-10)12(16)17/h1-4,10H,5-7H2,(H,16,17). The second kappa shape index (κ2) is 4.80. The summed E-state index contributed by atoms with van der Waals surface area (Å²) >= 11 is 0. The number of aliphatic imine (C=N–C) groups is 1. The average molecular weight is 232 g/mol. The molecule has 0 bridgehead atoms. The van der Waals surface area contributed by atoms with Crippen molar-refractivity contribution >= 4 is 17.9 Å². The Hall–Kier alpha value is -2.13. The molecule has 1 aliphatic rings. The number of carboxylic acid groups (broad SMARTS) is 1. The predicted octanol–water partition coefficient (Wildman–Crippen LogP) is 2.12. The smallest absolute Gasteiger partial charge is 0.407 e. The Bertz CT molecular complexity index is 463. The van der Waals surface area contributed by atoms with Crippen molar-refractivity contribution in [1.29, 1.82) is 0 Å². The Balaban J connectivity index is 2.08. The highest BCUT2D eigenvalue weighted by Crippen LogP contribution is 2.28. The van der Waals surface area contributed by atoms with Gasteiger partial charge in [-0.05, 0) is 24.1 Å². The normalized spacial score (nSPS) is 18.8. The van der Waals surface area contributed by atoms with Crippen LogP contribution < -0.4 is 0 Å². The quantitative estimate of drug-likeness (QED) is 0.627. The van der Waals surface area contributed by atoms with E-state index in [1.54, 1.807) is 12.1 Å². The van der Waals surface area contributed by atoms with Crippen LogP contribution in [0, 0.1) is 0 Å². The van der Waals surface area contributed by atoms with Gasteiger partial charge in [-0.15, -0.1) is 0 Å². The van der Waals surface area contributed by atoms with Crippen LogP contribution in [0.5, 0.6) is 0 Å². The monoisotopic (exact) mass is 232 g/mol. The van der Waals surface area contributed by atoms with E-state index in [1.807, 2.05) is 12.1 Å². The van der Waals surface area contributed by atoms with Crippen LogP contribution >= 0.6 is 0 Å². The molecule has 0 radical (unpaired) electrons. The highest BCUT2D eigenvalue weighted by Gasteiger charge is 2.26. The topological polar surface area (TPSA) is 70.0 Å². The molecule has 17 heavy (non-hydrogen) atoms. The third-order valence-electron chi connectivity index (χ3n) is 3.00. The number of amides is 1. The molecule has 1 unspecified atom stereocenters. The maximum absolute atomic E-state index is 10.8. The van der Waals surface area contributed by atoms with Crippen LogP contribution in [-0.4, -0.2) is 35.3 Å². The molecule has 1 fully saturated rings. The molecule has 0 aliphatic carbocycles. The number of isocyanates is 1. The van der Waals surface area contributed by atoms with Crippen molar-refractivity contribution in [3.8, 4) is 0 Å². The molecule has 2 rings (SSSR count). The third kappa shape index (κ3) is 2.52. The van der Waals surface area contributed by atoms with E-state index < -0.39 is 6.09 Å². The molecule has 0 spiro atoms. The van der Waals surface area contributed by atoms with E-state index in [2.05, 4.69) is 4.99 Å². The second-order valence-corrected chi connectivity index (χ2v) is 4.01. The molecular weight excluding hydrogens is 220 g/mol. The van der Waals surface area contributed by atoms with Gasteiger partial charge in [0.25, 0.3) is 0 Å². The summed E-state index contributed by atoms with van der Waals surface area (Å²) in [5.74, 6) is 0.236. The zero-order chi connectivity index (χ0) is 12.3. The van der Waals surface area contributed by atoms with E-state index in [0.29, 0.717) is 18.8 Å². The summed E-state index contributed by atoms with van der Waals surface area (Å²) in [6.45, 7) is 1.11. The Morgan fingerprint density at radius 1 is 1.41 bits per heavy atom. The van der Waals surface area contributed by atoms with Crippen molar-refractivity contribution < 1.29 is 14.7 Å². The molecule has 1 saturated heterocycles. The molecule has 88 valence electrons. The Morgan fingerprint density at radius 2 is 2.12 bits per heavy atom. The molecule has 1 aromatic rings. The van der Waals surface area contributed by atoms with Crippen LogP contribution in [0.1, 0.15) is 17.9 Å². The molecule has 1 heterocycles. The van der Waals surface area contributed by atoms with Gasteiger partial charge >= 0.3 is 6.09 Å². The van der Waals surface area contributed by atoms with E-state index >= 15 is 0 Å². The number of likely N-dealkylation sites (tertiary alicyclic amines) is 1. The summed E-state index contributed by atoms with van der Waals surface area (Å²) in [6, 6.07) is 7.24. The number of hydrogen-bond donors (Lipinski definition) is 1. The lowest BCUT2D eigenvalue weighted by molar-refractivity contribution is 0.155. The molecule has 0 saturated carbocycles. The first-order valence-electron chi connectivity index (χ1n) is 5.36. The minimum atomic E-state index is -0.866. The van der Waals surface area contributed by atoms with Gasteiger partial charge in [0.15, 0.2) is 0 Å². The fourth-order valence-electron chi connectivity index (χ4n) is 2.08.